The SMILES string of the molecule is CCOc1ccc(S(=O)(=O)Nc2nc3c(s2)C(=O)NCCC3)cc1. The summed E-state index contributed by atoms with van der Waals surface area (Å²) < 4.78 is 32.6. The minimum Gasteiger partial charge on any atom is -0.494 e. The highest BCUT2D eigenvalue weighted by molar-refractivity contribution is 7.93. The van der Waals surface area contributed by atoms with E-state index in [1.165, 1.54) is 12.1 Å². The van der Waals surface area contributed by atoms with Gasteiger partial charge >= 0.3 is 0 Å². The van der Waals surface area contributed by atoms with Gasteiger partial charge < -0.3 is 10.1 Å². The summed E-state index contributed by atoms with van der Waals surface area (Å²) in [5.41, 5.74) is 0.638. The van der Waals surface area contributed by atoms with Crippen LogP contribution in [0.15, 0.2) is 29.2 Å². The summed E-state index contributed by atoms with van der Waals surface area (Å²) in [6.07, 6.45) is 1.43. The van der Waals surface area contributed by atoms with Crippen LogP contribution in [-0.4, -0.2) is 32.5 Å². The quantitative estimate of drug-likeness (QED) is 0.843. The second-order valence-corrected chi connectivity index (χ2v) is 7.85. The monoisotopic (exact) mass is 367 g/mol. The molecule has 0 aliphatic carbocycles. The zero-order valence-corrected chi connectivity index (χ0v) is 14.7. The third kappa shape index (κ3) is 3.51. The van der Waals surface area contributed by atoms with E-state index in [1.54, 1.807) is 12.1 Å². The lowest BCUT2D eigenvalue weighted by molar-refractivity contribution is 0.0960. The van der Waals surface area contributed by atoms with Crippen molar-refractivity contribution in [3.63, 3.8) is 0 Å². The Morgan fingerprint density at radius 1 is 1.33 bits per heavy atom. The van der Waals surface area contributed by atoms with Crippen LogP contribution in [0.3, 0.4) is 0 Å². The standard InChI is InChI=1S/C15H17N3O4S2/c1-2-22-10-5-7-11(8-6-10)24(20,21)18-15-17-12-4-3-9-16-14(19)13(12)23-15/h5-8H,2-4,9H2,1H3,(H,16,19)(H,17,18). The molecule has 2 aromatic rings. The molecule has 24 heavy (non-hydrogen) atoms. The molecular formula is C15H17N3O4S2. The van der Waals surface area contributed by atoms with E-state index in [0.29, 0.717) is 35.9 Å². The highest BCUT2D eigenvalue weighted by atomic mass is 32.2. The van der Waals surface area contributed by atoms with Crippen molar-refractivity contribution in [1.29, 1.82) is 0 Å². The van der Waals surface area contributed by atoms with Crippen LogP contribution in [-0.2, 0) is 16.4 Å². The normalized spacial score (nSPS) is 14.5. The predicted molar refractivity (Wildman–Crippen MR) is 91.2 cm³/mol. The van der Waals surface area contributed by atoms with E-state index in [2.05, 4.69) is 15.0 Å². The molecule has 1 aromatic carbocycles. The van der Waals surface area contributed by atoms with Crippen LogP contribution in [0.4, 0.5) is 5.13 Å². The highest BCUT2D eigenvalue weighted by Crippen LogP contribution is 2.27. The lowest BCUT2D eigenvalue weighted by Crippen LogP contribution is -2.21. The van der Waals surface area contributed by atoms with Gasteiger partial charge in [0.05, 0.1) is 17.2 Å². The van der Waals surface area contributed by atoms with Crippen molar-refractivity contribution in [1.82, 2.24) is 10.3 Å². The first kappa shape index (κ1) is 16.7. The Balaban J connectivity index is 1.82. The summed E-state index contributed by atoms with van der Waals surface area (Å²) in [6, 6.07) is 6.14. The Kier molecular flexibility index (Phi) is 4.72. The number of ether oxygens (including phenoxy) is 1. The Morgan fingerprint density at radius 2 is 2.08 bits per heavy atom. The zero-order valence-electron chi connectivity index (χ0n) is 13.0. The van der Waals surface area contributed by atoms with Crippen LogP contribution >= 0.6 is 11.3 Å². The van der Waals surface area contributed by atoms with Gasteiger partial charge in [-0.1, -0.05) is 11.3 Å². The third-order valence-corrected chi connectivity index (χ3v) is 5.94. The number of amides is 1. The van der Waals surface area contributed by atoms with Crippen molar-refractivity contribution >= 4 is 32.4 Å². The molecule has 9 heteroatoms. The summed E-state index contributed by atoms with van der Waals surface area (Å²) in [4.78, 5) is 16.8. The molecule has 0 saturated heterocycles. The molecule has 0 radical (unpaired) electrons. The number of nitrogens with one attached hydrogen (secondary N) is 2. The van der Waals surface area contributed by atoms with Gasteiger partial charge in [0.25, 0.3) is 15.9 Å². The molecule has 0 fully saturated rings. The van der Waals surface area contributed by atoms with Gasteiger partial charge in [0, 0.05) is 6.54 Å². The molecule has 3 rings (SSSR count). The average Bonchev–Trinajstić information content (AvgIpc) is 2.86. The fourth-order valence-electron chi connectivity index (χ4n) is 2.34. The first-order valence-electron chi connectivity index (χ1n) is 7.53. The average molecular weight is 367 g/mol. The van der Waals surface area contributed by atoms with E-state index < -0.39 is 10.0 Å². The van der Waals surface area contributed by atoms with Gasteiger partial charge in [0.1, 0.15) is 10.6 Å². The smallest absolute Gasteiger partial charge is 0.263 e. The summed E-state index contributed by atoms with van der Waals surface area (Å²) in [7, 11) is -3.76. The van der Waals surface area contributed by atoms with Crippen LogP contribution in [0.5, 0.6) is 5.75 Å². The highest BCUT2D eigenvalue weighted by Gasteiger charge is 2.23. The molecule has 1 aliphatic rings. The number of aryl methyl sites for hydroxylation is 1. The second kappa shape index (κ2) is 6.78. The first-order chi connectivity index (χ1) is 11.5. The number of aromatic nitrogens is 1. The first-order valence-corrected chi connectivity index (χ1v) is 9.83. The zero-order chi connectivity index (χ0) is 17.2. The number of anilines is 1. The Labute approximate surface area is 144 Å². The van der Waals surface area contributed by atoms with E-state index in [4.69, 9.17) is 4.74 Å². The predicted octanol–water partition coefficient (Wildman–Crippen LogP) is 2.02. The number of carbonyl (C=O) groups excluding carboxylic acids is 1. The molecule has 2 heterocycles. The number of benzene rings is 1. The maximum atomic E-state index is 12.4. The van der Waals surface area contributed by atoms with Crippen LogP contribution in [0, 0.1) is 0 Å². The van der Waals surface area contributed by atoms with E-state index in [0.717, 1.165) is 17.8 Å². The lowest BCUT2D eigenvalue weighted by atomic mass is 10.2. The van der Waals surface area contributed by atoms with Gasteiger partial charge in [-0.05, 0) is 44.0 Å². The van der Waals surface area contributed by atoms with Gasteiger partial charge in [0.2, 0.25) is 0 Å². The number of rotatable bonds is 5. The Hall–Kier alpha value is -2.13. The number of hydrogen-bond acceptors (Lipinski definition) is 6. The lowest BCUT2D eigenvalue weighted by Gasteiger charge is -2.07. The van der Waals surface area contributed by atoms with Crippen molar-refractivity contribution < 1.29 is 17.9 Å². The molecule has 128 valence electrons. The molecule has 1 aromatic heterocycles. The number of sulfonamides is 1. The van der Waals surface area contributed by atoms with E-state index >= 15 is 0 Å². The number of thiazole rings is 1. The van der Waals surface area contributed by atoms with Crippen molar-refractivity contribution in [3.05, 3.63) is 34.8 Å². The number of hydrogen-bond donors (Lipinski definition) is 2. The van der Waals surface area contributed by atoms with Gasteiger partial charge in [-0.15, -0.1) is 0 Å². The minimum absolute atomic E-state index is 0.112. The van der Waals surface area contributed by atoms with Crippen molar-refractivity contribution in [2.45, 2.75) is 24.7 Å². The minimum atomic E-state index is -3.76. The maximum absolute atomic E-state index is 12.4. The molecule has 0 spiro atoms. The van der Waals surface area contributed by atoms with Gasteiger partial charge in [-0.2, -0.15) is 0 Å². The Bertz CT molecular complexity index is 844. The number of carbonyl (C=O) groups is 1. The van der Waals surface area contributed by atoms with Crippen molar-refractivity contribution in [2.75, 3.05) is 17.9 Å². The second-order valence-electron chi connectivity index (χ2n) is 5.16. The molecule has 1 amide bonds. The molecule has 0 bridgehead atoms. The molecule has 1 aliphatic heterocycles. The molecule has 7 nitrogen and oxygen atoms in total. The van der Waals surface area contributed by atoms with E-state index in [1.807, 2.05) is 6.92 Å². The molecule has 0 atom stereocenters. The van der Waals surface area contributed by atoms with Crippen molar-refractivity contribution in [3.8, 4) is 5.75 Å². The maximum Gasteiger partial charge on any atom is 0.263 e. The van der Waals surface area contributed by atoms with Gasteiger partial charge in [-0.25, -0.2) is 13.4 Å². The Morgan fingerprint density at radius 3 is 2.79 bits per heavy atom. The fraction of sp³-hybridized carbons (Fsp3) is 0.333. The molecule has 0 saturated carbocycles. The number of fused-ring (bicyclic) bond motifs is 1. The summed E-state index contributed by atoms with van der Waals surface area (Å²) in [6.45, 7) is 2.97. The van der Waals surface area contributed by atoms with Crippen LogP contribution < -0.4 is 14.8 Å². The van der Waals surface area contributed by atoms with E-state index in [-0.39, 0.29) is 15.9 Å². The molecule has 2 N–H and O–H groups in total. The molecule has 0 unspecified atom stereocenters. The summed E-state index contributed by atoms with van der Waals surface area (Å²) in [5.74, 6) is 0.403. The summed E-state index contributed by atoms with van der Waals surface area (Å²) >= 11 is 1.05. The summed E-state index contributed by atoms with van der Waals surface area (Å²) in [5, 5.41) is 2.97. The van der Waals surface area contributed by atoms with Crippen LogP contribution in [0.1, 0.15) is 28.7 Å². The van der Waals surface area contributed by atoms with Gasteiger partial charge in [-0.3, -0.25) is 9.52 Å². The van der Waals surface area contributed by atoms with Gasteiger partial charge in [0.15, 0.2) is 5.13 Å². The third-order valence-electron chi connectivity index (χ3n) is 3.45. The van der Waals surface area contributed by atoms with Crippen LogP contribution in [0.2, 0.25) is 0 Å². The largest absolute Gasteiger partial charge is 0.494 e. The van der Waals surface area contributed by atoms with Crippen molar-refractivity contribution in [2.24, 2.45) is 0 Å². The fourth-order valence-corrected chi connectivity index (χ4v) is 4.50. The van der Waals surface area contributed by atoms with E-state index in [9.17, 15) is 13.2 Å². The number of nitrogens with zero attached hydrogens (tertiary/aromatic N) is 1. The van der Waals surface area contributed by atoms with Crippen LogP contribution in [0.25, 0.3) is 0 Å². The molecular weight excluding hydrogens is 350 g/mol. The topological polar surface area (TPSA) is 97.4 Å².